The Morgan fingerprint density at radius 2 is 1.78 bits per heavy atom. The van der Waals surface area contributed by atoms with E-state index in [0.29, 0.717) is 23.1 Å². The van der Waals surface area contributed by atoms with E-state index in [1.165, 1.54) is 16.7 Å². The lowest BCUT2D eigenvalue weighted by Gasteiger charge is -2.45. The van der Waals surface area contributed by atoms with Gasteiger partial charge in [-0.3, -0.25) is 4.79 Å². The number of hydrogen-bond donors (Lipinski definition) is 0. The monoisotopic (exact) mass is 486 g/mol. The van der Waals surface area contributed by atoms with Crippen molar-refractivity contribution in [3.05, 3.63) is 86.4 Å². The SMILES string of the molecule is O=C(C1CCc2ccccc21)N1CCN(c2ccc(Cl)cc2Cl)C(C2=CC=C(Cl)CC2)C1. The van der Waals surface area contributed by atoms with E-state index in [0.717, 1.165) is 42.9 Å². The zero-order valence-corrected chi connectivity index (χ0v) is 20.0. The third kappa shape index (κ3) is 4.19. The summed E-state index contributed by atoms with van der Waals surface area (Å²) in [5.74, 6) is 0.207. The average molecular weight is 488 g/mol. The number of benzene rings is 2. The number of piperazine rings is 1. The maximum atomic E-state index is 13.6. The molecule has 1 fully saturated rings. The van der Waals surface area contributed by atoms with Gasteiger partial charge in [0.05, 0.1) is 22.7 Å². The molecule has 1 amide bonds. The summed E-state index contributed by atoms with van der Waals surface area (Å²) in [5, 5.41) is 2.13. The molecule has 32 heavy (non-hydrogen) atoms. The highest BCUT2D eigenvalue weighted by molar-refractivity contribution is 6.36. The van der Waals surface area contributed by atoms with Crippen molar-refractivity contribution >= 4 is 46.4 Å². The van der Waals surface area contributed by atoms with E-state index >= 15 is 0 Å². The van der Waals surface area contributed by atoms with E-state index in [9.17, 15) is 4.79 Å². The van der Waals surface area contributed by atoms with Gasteiger partial charge < -0.3 is 9.80 Å². The molecule has 2 aromatic carbocycles. The maximum absolute atomic E-state index is 13.6. The molecule has 0 spiro atoms. The van der Waals surface area contributed by atoms with Crippen molar-refractivity contribution in [3.8, 4) is 0 Å². The van der Waals surface area contributed by atoms with Crippen LogP contribution >= 0.6 is 34.8 Å². The molecule has 0 bridgehead atoms. The number of hydrogen-bond acceptors (Lipinski definition) is 2. The van der Waals surface area contributed by atoms with E-state index in [1.807, 2.05) is 24.3 Å². The fourth-order valence-electron chi connectivity index (χ4n) is 5.24. The molecule has 1 saturated heterocycles. The summed E-state index contributed by atoms with van der Waals surface area (Å²) in [4.78, 5) is 18.0. The Labute approximate surface area is 204 Å². The van der Waals surface area contributed by atoms with Crippen LogP contribution < -0.4 is 4.90 Å². The second-order valence-electron chi connectivity index (χ2n) is 8.73. The van der Waals surface area contributed by atoms with Gasteiger partial charge >= 0.3 is 0 Å². The maximum Gasteiger partial charge on any atom is 0.230 e. The van der Waals surface area contributed by atoms with Gasteiger partial charge in [0.15, 0.2) is 0 Å². The first-order valence-electron chi connectivity index (χ1n) is 11.1. The van der Waals surface area contributed by atoms with E-state index in [-0.39, 0.29) is 17.9 Å². The standard InChI is InChI=1S/C26H25Cl3N2O/c27-19-8-5-18(6-9-19)25-16-30(13-14-31(25)24-12-10-20(28)15-23(24)29)26(32)22-11-7-17-3-1-2-4-21(17)22/h1-5,8,10,12,15,22,25H,6-7,9,11,13-14,16H2. The number of amides is 1. The minimum absolute atomic E-state index is 0.0350. The Hall–Kier alpha value is -1.94. The van der Waals surface area contributed by atoms with Gasteiger partial charge in [-0.05, 0) is 66.7 Å². The molecular formula is C26H25Cl3N2O. The lowest BCUT2D eigenvalue weighted by atomic mass is 9.92. The minimum Gasteiger partial charge on any atom is -0.360 e. The summed E-state index contributed by atoms with van der Waals surface area (Å²) in [5.41, 5.74) is 4.75. The lowest BCUT2D eigenvalue weighted by Crippen LogP contribution is -2.56. The number of carbonyl (C=O) groups is 1. The number of nitrogens with zero attached hydrogens (tertiary/aromatic N) is 2. The summed E-state index contributed by atoms with van der Waals surface area (Å²) in [7, 11) is 0. The third-order valence-electron chi connectivity index (χ3n) is 6.90. The molecule has 2 aromatic rings. The zero-order chi connectivity index (χ0) is 22.2. The van der Waals surface area contributed by atoms with E-state index < -0.39 is 0 Å². The highest BCUT2D eigenvalue weighted by Crippen LogP contribution is 2.38. The third-order valence-corrected chi connectivity index (χ3v) is 7.75. The van der Waals surface area contributed by atoms with Crippen molar-refractivity contribution in [2.24, 2.45) is 0 Å². The molecule has 2 aliphatic carbocycles. The molecule has 1 aliphatic heterocycles. The van der Waals surface area contributed by atoms with Gasteiger partial charge in [0.1, 0.15) is 0 Å². The van der Waals surface area contributed by atoms with Gasteiger partial charge in [-0.2, -0.15) is 0 Å². The van der Waals surface area contributed by atoms with Gasteiger partial charge in [0, 0.05) is 29.7 Å². The molecule has 3 nitrogen and oxygen atoms in total. The summed E-state index contributed by atoms with van der Waals surface area (Å²) in [6.07, 6.45) is 7.69. The molecular weight excluding hydrogens is 463 g/mol. The fourth-order valence-corrected chi connectivity index (χ4v) is 5.92. The van der Waals surface area contributed by atoms with E-state index in [1.54, 1.807) is 6.07 Å². The molecule has 0 N–H and O–H groups in total. The number of fused-ring (bicyclic) bond motifs is 1. The van der Waals surface area contributed by atoms with Crippen molar-refractivity contribution in [2.45, 2.75) is 37.6 Å². The Bertz CT molecular complexity index is 1110. The first-order valence-corrected chi connectivity index (χ1v) is 12.3. The quantitative estimate of drug-likeness (QED) is 0.488. The molecule has 166 valence electrons. The number of anilines is 1. The summed E-state index contributed by atoms with van der Waals surface area (Å²) < 4.78 is 0. The Morgan fingerprint density at radius 3 is 2.56 bits per heavy atom. The van der Waals surface area contributed by atoms with Crippen LogP contribution in [0.5, 0.6) is 0 Å². The van der Waals surface area contributed by atoms with Gasteiger partial charge in [0.25, 0.3) is 0 Å². The summed E-state index contributed by atoms with van der Waals surface area (Å²) >= 11 is 19.0. The molecule has 0 aromatic heterocycles. The smallest absolute Gasteiger partial charge is 0.230 e. The Morgan fingerprint density at radius 1 is 0.938 bits per heavy atom. The van der Waals surface area contributed by atoms with E-state index in [2.05, 4.69) is 34.1 Å². The highest BCUT2D eigenvalue weighted by atomic mass is 35.5. The van der Waals surface area contributed by atoms with Crippen LogP contribution in [0.3, 0.4) is 0 Å². The van der Waals surface area contributed by atoms with Crippen LogP contribution in [-0.2, 0) is 11.2 Å². The largest absolute Gasteiger partial charge is 0.360 e. The number of rotatable bonds is 3. The Kier molecular flexibility index (Phi) is 6.24. The van der Waals surface area contributed by atoms with Crippen molar-refractivity contribution in [2.75, 3.05) is 24.5 Å². The lowest BCUT2D eigenvalue weighted by molar-refractivity contribution is -0.133. The van der Waals surface area contributed by atoms with Crippen molar-refractivity contribution in [3.63, 3.8) is 0 Å². The molecule has 0 saturated carbocycles. The first-order chi connectivity index (χ1) is 15.5. The van der Waals surface area contributed by atoms with Crippen LogP contribution in [0.1, 0.15) is 36.3 Å². The molecule has 1 heterocycles. The number of aryl methyl sites for hydroxylation is 1. The van der Waals surface area contributed by atoms with Crippen LogP contribution in [0, 0.1) is 0 Å². The first kappa shape index (κ1) is 21.9. The normalized spacial score (nSPS) is 23.0. The molecule has 2 unspecified atom stereocenters. The predicted molar refractivity (Wildman–Crippen MR) is 133 cm³/mol. The van der Waals surface area contributed by atoms with Gasteiger partial charge in [-0.1, -0.05) is 65.1 Å². The minimum atomic E-state index is -0.0350. The van der Waals surface area contributed by atoms with Gasteiger partial charge in [-0.25, -0.2) is 0 Å². The number of carbonyl (C=O) groups excluding carboxylic acids is 1. The highest BCUT2D eigenvalue weighted by Gasteiger charge is 2.37. The second kappa shape index (κ2) is 9.13. The van der Waals surface area contributed by atoms with E-state index in [4.69, 9.17) is 34.8 Å². The zero-order valence-electron chi connectivity index (χ0n) is 17.7. The van der Waals surface area contributed by atoms with Crippen molar-refractivity contribution in [1.29, 1.82) is 0 Å². The van der Waals surface area contributed by atoms with Crippen LogP contribution in [0.2, 0.25) is 10.0 Å². The summed E-state index contributed by atoms with van der Waals surface area (Å²) in [6.45, 7) is 2.05. The molecule has 5 rings (SSSR count). The topological polar surface area (TPSA) is 23.6 Å². The average Bonchev–Trinajstić information content (AvgIpc) is 3.23. The molecule has 0 radical (unpaired) electrons. The second-order valence-corrected chi connectivity index (χ2v) is 10.1. The van der Waals surface area contributed by atoms with Gasteiger partial charge in [0.2, 0.25) is 5.91 Å². The van der Waals surface area contributed by atoms with Crippen LogP contribution in [-0.4, -0.2) is 36.5 Å². The molecule has 3 aliphatic rings. The van der Waals surface area contributed by atoms with Crippen LogP contribution in [0.15, 0.2) is 65.2 Å². The van der Waals surface area contributed by atoms with Crippen molar-refractivity contribution < 1.29 is 4.79 Å². The predicted octanol–water partition coefficient (Wildman–Crippen LogP) is 6.58. The number of allylic oxidation sites excluding steroid dienone is 3. The fraction of sp³-hybridized carbons (Fsp3) is 0.346. The van der Waals surface area contributed by atoms with Crippen LogP contribution in [0.4, 0.5) is 5.69 Å². The van der Waals surface area contributed by atoms with Gasteiger partial charge in [-0.15, -0.1) is 0 Å². The van der Waals surface area contributed by atoms with Crippen LogP contribution in [0.25, 0.3) is 0 Å². The van der Waals surface area contributed by atoms with Crippen molar-refractivity contribution in [1.82, 2.24) is 4.90 Å². The number of halogens is 3. The molecule has 2 atom stereocenters. The summed E-state index contributed by atoms with van der Waals surface area (Å²) in [6, 6.07) is 14.1. The molecule has 6 heteroatoms. The Balaban J connectivity index is 1.44.